The number of hydrogen-bond donors (Lipinski definition) is 0. The molecule has 0 radical (unpaired) electrons. The summed E-state index contributed by atoms with van der Waals surface area (Å²) in [4.78, 5) is 30.0. The van der Waals surface area contributed by atoms with Gasteiger partial charge in [0.15, 0.2) is 0 Å². The summed E-state index contributed by atoms with van der Waals surface area (Å²) in [5, 5.41) is 0. The van der Waals surface area contributed by atoms with Crippen molar-refractivity contribution >= 4 is 17.5 Å². The van der Waals surface area contributed by atoms with E-state index in [1.54, 1.807) is 24.0 Å². The van der Waals surface area contributed by atoms with Crippen molar-refractivity contribution in [2.24, 2.45) is 0 Å². The maximum atomic E-state index is 13.8. The Morgan fingerprint density at radius 1 is 0.971 bits per heavy atom. The van der Waals surface area contributed by atoms with Crippen molar-refractivity contribution in [1.82, 2.24) is 4.90 Å². The summed E-state index contributed by atoms with van der Waals surface area (Å²) >= 11 is 0. The molecule has 6 heteroatoms. The lowest BCUT2D eigenvalue weighted by atomic mass is 9.76. The molecule has 5 rings (SSSR count). The maximum absolute atomic E-state index is 13.8. The van der Waals surface area contributed by atoms with E-state index >= 15 is 0 Å². The highest BCUT2D eigenvalue weighted by atomic mass is 19.1. The molecule has 3 fully saturated rings. The van der Waals surface area contributed by atoms with Crippen LogP contribution in [0.15, 0.2) is 54.6 Å². The second-order valence-corrected chi connectivity index (χ2v) is 10.2. The van der Waals surface area contributed by atoms with Crippen LogP contribution >= 0.6 is 0 Å². The number of benzene rings is 2. The maximum Gasteiger partial charge on any atom is 0.233 e. The minimum absolute atomic E-state index is 0.0732. The first-order valence-electron chi connectivity index (χ1n) is 12.5. The fourth-order valence-corrected chi connectivity index (χ4v) is 6.37. The number of likely N-dealkylation sites (tertiary alicyclic amines) is 1. The normalized spacial score (nSPS) is 23.2. The number of ether oxygens (including phenoxy) is 1. The van der Waals surface area contributed by atoms with Crippen molar-refractivity contribution in [3.05, 3.63) is 66.0 Å². The van der Waals surface area contributed by atoms with Crippen LogP contribution < -0.4 is 4.90 Å². The van der Waals surface area contributed by atoms with Crippen LogP contribution in [0, 0.1) is 5.82 Å². The molecule has 2 aliphatic heterocycles. The minimum atomic E-state index is -0.390. The number of amides is 2. The van der Waals surface area contributed by atoms with Gasteiger partial charge in [-0.05, 0) is 61.9 Å². The lowest BCUT2D eigenvalue weighted by Crippen LogP contribution is -2.52. The molecule has 2 saturated heterocycles. The second kappa shape index (κ2) is 9.14. The summed E-state index contributed by atoms with van der Waals surface area (Å²) < 4.78 is 19.7. The van der Waals surface area contributed by atoms with Gasteiger partial charge >= 0.3 is 0 Å². The van der Waals surface area contributed by atoms with Crippen LogP contribution in [0.2, 0.25) is 0 Å². The molecule has 5 nitrogen and oxygen atoms in total. The van der Waals surface area contributed by atoms with Gasteiger partial charge in [-0.2, -0.15) is 0 Å². The molecule has 3 aliphatic rings. The summed E-state index contributed by atoms with van der Waals surface area (Å²) in [5.41, 5.74) is 1.13. The quantitative estimate of drug-likeness (QED) is 0.651. The molecule has 2 aromatic rings. The molecule has 1 atom stereocenters. The van der Waals surface area contributed by atoms with E-state index in [9.17, 15) is 14.0 Å². The van der Waals surface area contributed by atoms with E-state index in [0.29, 0.717) is 25.4 Å². The average molecular weight is 465 g/mol. The van der Waals surface area contributed by atoms with Gasteiger partial charge in [-0.15, -0.1) is 0 Å². The number of anilines is 1. The molecule has 0 unspecified atom stereocenters. The summed E-state index contributed by atoms with van der Waals surface area (Å²) in [6.45, 7) is 3.35. The van der Waals surface area contributed by atoms with E-state index < -0.39 is 5.41 Å². The molecule has 1 saturated carbocycles. The highest BCUT2D eigenvalue weighted by Crippen LogP contribution is 2.45. The summed E-state index contributed by atoms with van der Waals surface area (Å²) in [5.74, 6) is -0.132. The number of hydrogen-bond acceptors (Lipinski definition) is 3. The van der Waals surface area contributed by atoms with Crippen LogP contribution in [0.25, 0.3) is 0 Å². The number of piperidine rings is 1. The largest absolute Gasteiger partial charge is 0.373 e. The zero-order chi connectivity index (χ0) is 23.8. The van der Waals surface area contributed by atoms with E-state index in [-0.39, 0.29) is 29.3 Å². The van der Waals surface area contributed by atoms with Crippen LogP contribution in [0.3, 0.4) is 0 Å². The van der Waals surface area contributed by atoms with Crippen LogP contribution in [-0.2, 0) is 19.7 Å². The second-order valence-electron chi connectivity index (χ2n) is 10.2. The van der Waals surface area contributed by atoms with Crippen molar-refractivity contribution in [2.45, 2.75) is 68.9 Å². The van der Waals surface area contributed by atoms with Crippen LogP contribution in [0.4, 0.5) is 10.1 Å². The molecule has 0 bridgehead atoms. The van der Waals surface area contributed by atoms with Crippen molar-refractivity contribution in [3.8, 4) is 0 Å². The molecule has 2 heterocycles. The van der Waals surface area contributed by atoms with Gasteiger partial charge in [-0.25, -0.2) is 4.39 Å². The molecule has 2 aromatic carbocycles. The minimum Gasteiger partial charge on any atom is -0.373 e. The van der Waals surface area contributed by atoms with Gasteiger partial charge in [0, 0.05) is 25.7 Å². The number of rotatable bonds is 4. The van der Waals surface area contributed by atoms with Gasteiger partial charge in [0.05, 0.1) is 23.7 Å². The summed E-state index contributed by atoms with van der Waals surface area (Å²) in [7, 11) is 0. The monoisotopic (exact) mass is 464 g/mol. The molecule has 0 aromatic heterocycles. The molecule has 180 valence electrons. The number of carbonyl (C=O) groups excluding carboxylic acids is 2. The Labute approximate surface area is 200 Å². The standard InChI is InChI=1S/C28H33FN2O3/c1-21(32)31(24-11-9-23(29)10-12-24)25-19-27(34-20-25)15-17-30(18-16-27)26(33)28(13-5-6-14-28)22-7-3-2-4-8-22/h2-4,7-12,25H,5-6,13-20H2,1H3/t25-/m1/s1. The Bertz CT molecular complexity index is 1030. The van der Waals surface area contributed by atoms with Crippen LogP contribution in [0.5, 0.6) is 0 Å². The molecule has 1 spiro atoms. The number of carbonyl (C=O) groups is 2. The van der Waals surface area contributed by atoms with Gasteiger partial charge in [-0.3, -0.25) is 9.59 Å². The van der Waals surface area contributed by atoms with Crippen LogP contribution in [-0.4, -0.2) is 48.1 Å². The smallest absolute Gasteiger partial charge is 0.233 e. The predicted octanol–water partition coefficient (Wildman–Crippen LogP) is 4.84. The molecule has 1 aliphatic carbocycles. The topological polar surface area (TPSA) is 49.9 Å². The third-order valence-electron chi connectivity index (χ3n) is 8.15. The first-order chi connectivity index (χ1) is 16.4. The molecule has 0 N–H and O–H groups in total. The Morgan fingerprint density at radius 2 is 1.62 bits per heavy atom. The lowest BCUT2D eigenvalue weighted by molar-refractivity contribution is -0.142. The Balaban J connectivity index is 1.27. The number of halogens is 1. The van der Waals surface area contributed by atoms with E-state index in [2.05, 4.69) is 12.1 Å². The van der Waals surface area contributed by atoms with E-state index in [4.69, 9.17) is 4.74 Å². The van der Waals surface area contributed by atoms with Gasteiger partial charge in [0.1, 0.15) is 5.82 Å². The lowest BCUT2D eigenvalue weighted by Gasteiger charge is -2.42. The van der Waals surface area contributed by atoms with Gasteiger partial charge in [0.2, 0.25) is 11.8 Å². The third-order valence-corrected chi connectivity index (χ3v) is 8.15. The Kier molecular flexibility index (Phi) is 6.19. The summed E-state index contributed by atoms with van der Waals surface area (Å²) in [6.07, 6.45) is 6.30. The highest BCUT2D eigenvalue weighted by molar-refractivity contribution is 5.92. The molecule has 34 heavy (non-hydrogen) atoms. The molecule has 2 amide bonds. The zero-order valence-electron chi connectivity index (χ0n) is 19.8. The predicted molar refractivity (Wildman–Crippen MR) is 129 cm³/mol. The van der Waals surface area contributed by atoms with Gasteiger partial charge in [-0.1, -0.05) is 43.2 Å². The SMILES string of the molecule is CC(=O)N(c1ccc(F)cc1)[C@H]1COC2(CCN(C(=O)C3(c4ccccc4)CCCC3)CC2)C1. The van der Waals surface area contributed by atoms with E-state index in [1.165, 1.54) is 12.1 Å². The number of nitrogens with zero attached hydrogens (tertiary/aromatic N) is 2. The van der Waals surface area contributed by atoms with Crippen LogP contribution in [0.1, 0.15) is 57.4 Å². The van der Waals surface area contributed by atoms with Crippen molar-refractivity contribution in [1.29, 1.82) is 0 Å². The fraction of sp³-hybridized carbons (Fsp3) is 0.500. The van der Waals surface area contributed by atoms with Gasteiger partial charge < -0.3 is 14.5 Å². The zero-order valence-corrected chi connectivity index (χ0v) is 19.8. The van der Waals surface area contributed by atoms with Crippen molar-refractivity contribution in [3.63, 3.8) is 0 Å². The summed E-state index contributed by atoms with van der Waals surface area (Å²) in [6, 6.07) is 16.2. The Hall–Kier alpha value is -2.73. The van der Waals surface area contributed by atoms with Crippen molar-refractivity contribution < 1.29 is 18.7 Å². The Morgan fingerprint density at radius 3 is 2.24 bits per heavy atom. The van der Waals surface area contributed by atoms with E-state index in [1.807, 2.05) is 23.1 Å². The average Bonchev–Trinajstić information content (AvgIpc) is 3.50. The fourth-order valence-electron chi connectivity index (χ4n) is 6.37. The van der Waals surface area contributed by atoms with Gasteiger partial charge in [0.25, 0.3) is 0 Å². The highest BCUT2D eigenvalue weighted by Gasteiger charge is 2.49. The van der Waals surface area contributed by atoms with E-state index in [0.717, 1.165) is 50.5 Å². The first kappa shape index (κ1) is 23.0. The molecular formula is C28H33FN2O3. The third kappa shape index (κ3) is 4.13. The first-order valence-corrected chi connectivity index (χ1v) is 12.5. The van der Waals surface area contributed by atoms with Crippen molar-refractivity contribution in [2.75, 3.05) is 24.6 Å². The molecular weight excluding hydrogens is 431 g/mol.